The second kappa shape index (κ2) is 9.09. The molecule has 152 valence electrons. The second-order valence-corrected chi connectivity index (χ2v) is 8.44. The highest BCUT2D eigenvalue weighted by molar-refractivity contribution is 7.14. The maximum absolute atomic E-state index is 12.3. The van der Waals surface area contributed by atoms with Crippen LogP contribution in [0.5, 0.6) is 11.5 Å². The molecule has 1 aromatic heterocycles. The maximum atomic E-state index is 12.3. The summed E-state index contributed by atoms with van der Waals surface area (Å²) in [6.07, 6.45) is 0. The highest BCUT2D eigenvalue weighted by Crippen LogP contribution is 2.31. The smallest absolute Gasteiger partial charge is 0.264 e. The molecular weight excluding hydrogens is 384 g/mol. The van der Waals surface area contributed by atoms with Crippen LogP contribution in [0.1, 0.15) is 33.3 Å². The van der Waals surface area contributed by atoms with E-state index in [0.29, 0.717) is 11.7 Å². The van der Waals surface area contributed by atoms with E-state index in [0.717, 1.165) is 28.3 Å². The van der Waals surface area contributed by atoms with Gasteiger partial charge in [0.25, 0.3) is 5.91 Å². The van der Waals surface area contributed by atoms with Gasteiger partial charge in [-0.25, -0.2) is 4.98 Å². The monoisotopic (exact) mass is 410 g/mol. The molecule has 0 saturated carbocycles. The van der Waals surface area contributed by atoms with Crippen LogP contribution in [0.25, 0.3) is 11.3 Å². The summed E-state index contributed by atoms with van der Waals surface area (Å²) in [5, 5.41) is 5.28. The van der Waals surface area contributed by atoms with Gasteiger partial charge in [-0.15, -0.1) is 11.3 Å². The van der Waals surface area contributed by atoms with Gasteiger partial charge in [-0.2, -0.15) is 0 Å². The zero-order valence-corrected chi connectivity index (χ0v) is 18.0. The van der Waals surface area contributed by atoms with E-state index in [9.17, 15) is 4.79 Å². The number of benzene rings is 2. The molecule has 3 aromatic rings. The van der Waals surface area contributed by atoms with Gasteiger partial charge in [0.2, 0.25) is 0 Å². The summed E-state index contributed by atoms with van der Waals surface area (Å²) in [7, 11) is 0. The first-order valence-electron chi connectivity index (χ1n) is 9.57. The number of hydrogen-bond acceptors (Lipinski definition) is 5. The van der Waals surface area contributed by atoms with Crippen molar-refractivity contribution in [2.75, 3.05) is 18.5 Å². The van der Waals surface area contributed by atoms with Crippen molar-refractivity contribution in [1.82, 2.24) is 4.98 Å². The molecule has 0 unspecified atom stereocenters. The van der Waals surface area contributed by atoms with Gasteiger partial charge in [0.05, 0.1) is 12.3 Å². The van der Waals surface area contributed by atoms with E-state index in [-0.39, 0.29) is 17.9 Å². The number of aromatic nitrogens is 1. The van der Waals surface area contributed by atoms with Crippen LogP contribution < -0.4 is 14.8 Å². The summed E-state index contributed by atoms with van der Waals surface area (Å²) in [4.78, 5) is 16.8. The largest absolute Gasteiger partial charge is 0.494 e. The number of nitrogens with one attached hydrogen (secondary N) is 1. The van der Waals surface area contributed by atoms with Gasteiger partial charge >= 0.3 is 0 Å². The SMILES string of the molecule is CCOc1ccc(-c2csc(NC(=O)COc3ccccc3C(C)(C)C)n2)cc1. The zero-order chi connectivity index (χ0) is 20.9. The van der Waals surface area contributed by atoms with Crippen LogP contribution in [0.2, 0.25) is 0 Å². The normalized spacial score (nSPS) is 11.2. The Kier molecular flexibility index (Phi) is 6.54. The number of carbonyl (C=O) groups is 1. The lowest BCUT2D eigenvalue weighted by molar-refractivity contribution is -0.118. The predicted molar refractivity (Wildman–Crippen MR) is 118 cm³/mol. The van der Waals surface area contributed by atoms with Crippen LogP contribution >= 0.6 is 11.3 Å². The fraction of sp³-hybridized carbons (Fsp3) is 0.304. The third-order valence-corrected chi connectivity index (χ3v) is 5.02. The molecule has 0 spiro atoms. The first-order valence-corrected chi connectivity index (χ1v) is 10.5. The molecule has 0 aliphatic carbocycles. The maximum Gasteiger partial charge on any atom is 0.264 e. The van der Waals surface area contributed by atoms with Gasteiger partial charge in [0.15, 0.2) is 11.7 Å². The molecule has 0 aliphatic heterocycles. The summed E-state index contributed by atoms with van der Waals surface area (Å²) in [6.45, 7) is 8.88. The Labute approximate surface area is 175 Å². The van der Waals surface area contributed by atoms with Crippen molar-refractivity contribution < 1.29 is 14.3 Å². The number of nitrogens with zero attached hydrogens (tertiary/aromatic N) is 1. The second-order valence-electron chi connectivity index (χ2n) is 7.58. The molecule has 6 heteroatoms. The topological polar surface area (TPSA) is 60.5 Å². The van der Waals surface area contributed by atoms with Gasteiger partial charge in [0, 0.05) is 10.9 Å². The Balaban J connectivity index is 1.60. The Morgan fingerprint density at radius 3 is 2.48 bits per heavy atom. The molecule has 1 amide bonds. The van der Waals surface area contributed by atoms with E-state index in [1.165, 1.54) is 11.3 Å². The van der Waals surface area contributed by atoms with Crippen molar-refractivity contribution in [3.05, 3.63) is 59.5 Å². The lowest BCUT2D eigenvalue weighted by Crippen LogP contribution is -2.21. The fourth-order valence-corrected chi connectivity index (χ4v) is 3.60. The molecule has 0 radical (unpaired) electrons. The third-order valence-electron chi connectivity index (χ3n) is 4.27. The van der Waals surface area contributed by atoms with E-state index in [1.54, 1.807) is 0 Å². The van der Waals surface area contributed by atoms with E-state index < -0.39 is 0 Å². The number of amides is 1. The minimum absolute atomic E-state index is 0.0605. The van der Waals surface area contributed by atoms with Crippen LogP contribution in [0.15, 0.2) is 53.9 Å². The van der Waals surface area contributed by atoms with Crippen LogP contribution in [0.4, 0.5) is 5.13 Å². The van der Waals surface area contributed by atoms with E-state index >= 15 is 0 Å². The molecule has 3 rings (SSSR count). The van der Waals surface area contributed by atoms with Crippen molar-refractivity contribution in [3.8, 4) is 22.8 Å². The molecule has 0 fully saturated rings. The average Bonchev–Trinajstić information content (AvgIpc) is 3.15. The van der Waals surface area contributed by atoms with Gasteiger partial charge in [0.1, 0.15) is 11.5 Å². The zero-order valence-electron chi connectivity index (χ0n) is 17.2. The van der Waals surface area contributed by atoms with Crippen molar-refractivity contribution in [2.45, 2.75) is 33.1 Å². The van der Waals surface area contributed by atoms with E-state index in [1.807, 2.05) is 60.8 Å². The number of anilines is 1. The number of ether oxygens (including phenoxy) is 2. The molecule has 1 N–H and O–H groups in total. The average molecular weight is 411 g/mol. The summed E-state index contributed by atoms with van der Waals surface area (Å²) in [5.74, 6) is 1.32. The Morgan fingerprint density at radius 2 is 1.79 bits per heavy atom. The van der Waals surface area contributed by atoms with Crippen molar-refractivity contribution in [1.29, 1.82) is 0 Å². The van der Waals surface area contributed by atoms with Gasteiger partial charge < -0.3 is 9.47 Å². The quantitative estimate of drug-likeness (QED) is 0.557. The van der Waals surface area contributed by atoms with Crippen LogP contribution in [0, 0.1) is 0 Å². The molecule has 5 nitrogen and oxygen atoms in total. The predicted octanol–water partition coefficient (Wildman–Crippen LogP) is 5.52. The lowest BCUT2D eigenvalue weighted by Gasteiger charge is -2.22. The molecular formula is C23H26N2O3S. The molecule has 29 heavy (non-hydrogen) atoms. The minimum atomic E-state index is -0.235. The number of para-hydroxylation sites is 1. The third kappa shape index (κ3) is 5.57. The highest BCUT2D eigenvalue weighted by atomic mass is 32.1. The van der Waals surface area contributed by atoms with Gasteiger partial charge in [-0.1, -0.05) is 39.0 Å². The summed E-state index contributed by atoms with van der Waals surface area (Å²) < 4.78 is 11.2. The molecule has 0 bridgehead atoms. The molecule has 0 aliphatic rings. The fourth-order valence-electron chi connectivity index (χ4n) is 2.86. The first kappa shape index (κ1) is 20.9. The Hall–Kier alpha value is -2.86. The molecule has 0 saturated heterocycles. The van der Waals surface area contributed by atoms with Crippen molar-refractivity contribution in [2.24, 2.45) is 0 Å². The van der Waals surface area contributed by atoms with Gasteiger partial charge in [-0.3, -0.25) is 10.1 Å². The number of rotatable bonds is 7. The van der Waals surface area contributed by atoms with Crippen molar-refractivity contribution in [3.63, 3.8) is 0 Å². The van der Waals surface area contributed by atoms with E-state index in [2.05, 4.69) is 31.1 Å². The van der Waals surface area contributed by atoms with Crippen LogP contribution in [-0.4, -0.2) is 24.1 Å². The molecule has 2 aromatic carbocycles. The molecule has 1 heterocycles. The van der Waals surface area contributed by atoms with Gasteiger partial charge in [-0.05, 0) is 48.2 Å². The van der Waals surface area contributed by atoms with E-state index in [4.69, 9.17) is 9.47 Å². The first-order chi connectivity index (χ1) is 13.9. The number of carbonyl (C=O) groups excluding carboxylic acids is 1. The number of hydrogen-bond donors (Lipinski definition) is 1. The highest BCUT2D eigenvalue weighted by Gasteiger charge is 2.19. The molecule has 0 atom stereocenters. The minimum Gasteiger partial charge on any atom is -0.494 e. The summed E-state index contributed by atoms with van der Waals surface area (Å²) in [5.41, 5.74) is 2.79. The summed E-state index contributed by atoms with van der Waals surface area (Å²) >= 11 is 1.39. The Bertz CT molecular complexity index is 959. The lowest BCUT2D eigenvalue weighted by atomic mass is 9.86. The summed E-state index contributed by atoms with van der Waals surface area (Å²) in [6, 6.07) is 15.5. The Morgan fingerprint density at radius 1 is 1.07 bits per heavy atom. The van der Waals surface area contributed by atoms with Crippen LogP contribution in [-0.2, 0) is 10.2 Å². The van der Waals surface area contributed by atoms with Crippen molar-refractivity contribution >= 4 is 22.4 Å². The number of thiazole rings is 1. The standard InChI is InChI=1S/C23H26N2O3S/c1-5-27-17-12-10-16(11-13-17)19-15-29-22(24-19)25-21(26)14-28-20-9-7-6-8-18(20)23(2,3)4/h6-13,15H,5,14H2,1-4H3,(H,24,25,26). The van der Waals surface area contributed by atoms with Crippen LogP contribution in [0.3, 0.4) is 0 Å².